The number of piperidine rings is 2. The highest BCUT2D eigenvalue weighted by Crippen LogP contribution is 2.34. The molecule has 2 fully saturated rings. The number of tetrazole rings is 2. The highest BCUT2D eigenvalue weighted by atomic mass is 35.5. The lowest BCUT2D eigenvalue weighted by molar-refractivity contribution is 0.261. The lowest BCUT2D eigenvalue weighted by Crippen LogP contribution is -2.36. The molecule has 3 aromatic heterocycles. The molecule has 6 aromatic rings. The van der Waals surface area contributed by atoms with Crippen LogP contribution >= 0.6 is 22.9 Å². The van der Waals surface area contributed by atoms with Gasteiger partial charge < -0.3 is 10.6 Å². The zero-order valence-electron chi connectivity index (χ0n) is 24.3. The van der Waals surface area contributed by atoms with Gasteiger partial charge in [0.15, 0.2) is 12.7 Å². The van der Waals surface area contributed by atoms with Crippen LogP contribution in [0.2, 0.25) is 5.02 Å². The molecule has 8 rings (SSSR count). The first kappa shape index (κ1) is 29.0. The fraction of sp³-hybridized carbons (Fsp3) is 0.375. The van der Waals surface area contributed by atoms with Crippen LogP contribution in [-0.4, -0.2) is 66.6 Å². The summed E-state index contributed by atoms with van der Waals surface area (Å²) in [4.78, 5) is 3.51. The lowest BCUT2D eigenvalue weighted by Gasteiger charge is -2.30. The van der Waals surface area contributed by atoms with Gasteiger partial charge in [0.2, 0.25) is 0 Å². The molecule has 10 nitrogen and oxygen atoms in total. The van der Waals surface area contributed by atoms with E-state index in [0.29, 0.717) is 11.8 Å². The van der Waals surface area contributed by atoms with Crippen molar-refractivity contribution in [1.82, 2.24) is 51.0 Å². The van der Waals surface area contributed by atoms with Crippen LogP contribution in [0.15, 0.2) is 78.7 Å². The molecule has 2 aliphatic rings. The quantitative estimate of drug-likeness (QED) is 0.248. The molecule has 2 saturated heterocycles. The van der Waals surface area contributed by atoms with Crippen LogP contribution in [0.4, 0.5) is 0 Å². The van der Waals surface area contributed by atoms with E-state index in [1.807, 2.05) is 12.1 Å². The Hall–Kier alpha value is -3.77. The fourth-order valence-electron chi connectivity index (χ4n) is 6.68. The first-order valence-corrected chi connectivity index (χ1v) is 16.5. The number of thiophene rings is 1. The van der Waals surface area contributed by atoms with Crippen LogP contribution in [0, 0.1) is 11.8 Å². The zero-order valence-corrected chi connectivity index (χ0v) is 25.9. The minimum Gasteiger partial charge on any atom is -0.316 e. The van der Waals surface area contributed by atoms with Gasteiger partial charge in [0.05, 0.1) is 0 Å². The van der Waals surface area contributed by atoms with Gasteiger partial charge in [-0.3, -0.25) is 0 Å². The van der Waals surface area contributed by atoms with E-state index >= 15 is 0 Å². The maximum atomic E-state index is 6.08. The van der Waals surface area contributed by atoms with Gasteiger partial charge >= 0.3 is 0 Å². The second-order valence-corrected chi connectivity index (χ2v) is 13.0. The van der Waals surface area contributed by atoms with Gasteiger partial charge in [0.1, 0.15) is 12.1 Å². The SMILES string of the molecule is Clc1ccc2cc([C@@H]([C@@H]3CCCNC3)n3ncnn3)ccc2c1.c1nnn([C@@H](c2ccc3sccc3c2)[C@H]2CCCNC2)n1. The first-order chi connectivity index (χ1) is 21.7. The van der Waals surface area contributed by atoms with Gasteiger partial charge in [-0.2, -0.15) is 9.59 Å². The van der Waals surface area contributed by atoms with Gasteiger partial charge in [-0.1, -0.05) is 35.9 Å². The molecule has 0 radical (unpaired) electrons. The largest absolute Gasteiger partial charge is 0.316 e. The zero-order chi connectivity index (χ0) is 29.7. The third-order valence-electron chi connectivity index (χ3n) is 8.78. The minimum atomic E-state index is 0.102. The van der Waals surface area contributed by atoms with Crippen LogP contribution in [0.1, 0.15) is 48.9 Å². The van der Waals surface area contributed by atoms with Gasteiger partial charge in [-0.05, 0) is 130 Å². The Morgan fingerprint density at radius 1 is 0.705 bits per heavy atom. The van der Waals surface area contributed by atoms with Crippen molar-refractivity contribution >= 4 is 43.8 Å². The minimum absolute atomic E-state index is 0.102. The second-order valence-electron chi connectivity index (χ2n) is 11.6. The average molecular weight is 627 g/mol. The molecule has 2 N–H and O–H groups in total. The fourth-order valence-corrected chi connectivity index (χ4v) is 7.63. The van der Waals surface area contributed by atoms with Gasteiger partial charge in [-0.15, -0.1) is 31.7 Å². The predicted octanol–water partition coefficient (Wildman–Crippen LogP) is 5.55. The van der Waals surface area contributed by atoms with Crippen LogP contribution in [-0.2, 0) is 0 Å². The molecule has 3 aromatic carbocycles. The van der Waals surface area contributed by atoms with E-state index in [1.54, 1.807) is 20.9 Å². The molecular weight excluding hydrogens is 592 g/mol. The molecule has 5 heterocycles. The van der Waals surface area contributed by atoms with Crippen molar-refractivity contribution in [3.05, 3.63) is 94.8 Å². The molecular formula is C32H35ClN10S. The monoisotopic (exact) mass is 626 g/mol. The van der Waals surface area contributed by atoms with E-state index in [4.69, 9.17) is 11.6 Å². The summed E-state index contributed by atoms with van der Waals surface area (Å²) >= 11 is 7.86. The Morgan fingerprint density at radius 2 is 1.30 bits per heavy atom. The van der Waals surface area contributed by atoms with E-state index in [2.05, 4.69) is 95.4 Å². The average Bonchev–Trinajstić information content (AvgIpc) is 3.87. The number of aromatic nitrogens is 8. The van der Waals surface area contributed by atoms with Crippen LogP contribution in [0.5, 0.6) is 0 Å². The molecule has 226 valence electrons. The number of nitrogens with zero attached hydrogens (tertiary/aromatic N) is 8. The molecule has 0 saturated carbocycles. The van der Waals surface area contributed by atoms with Crippen LogP contribution < -0.4 is 10.6 Å². The second kappa shape index (κ2) is 13.5. The Morgan fingerprint density at radius 3 is 1.89 bits per heavy atom. The van der Waals surface area contributed by atoms with Crippen molar-refractivity contribution in [3.63, 3.8) is 0 Å². The molecule has 44 heavy (non-hydrogen) atoms. The smallest absolute Gasteiger partial charge is 0.162 e. The molecule has 0 unspecified atom stereocenters. The van der Waals surface area contributed by atoms with E-state index < -0.39 is 0 Å². The van der Waals surface area contributed by atoms with Crippen LogP contribution in [0.3, 0.4) is 0 Å². The predicted molar refractivity (Wildman–Crippen MR) is 174 cm³/mol. The van der Waals surface area contributed by atoms with Gasteiger partial charge in [0.25, 0.3) is 0 Å². The molecule has 0 bridgehead atoms. The summed E-state index contributed by atoms with van der Waals surface area (Å²) in [6.45, 7) is 4.18. The highest BCUT2D eigenvalue weighted by Gasteiger charge is 2.29. The standard InChI is InChI=1S/C17H18ClN5.C15H17N5S/c18-16-6-5-12-8-14(4-3-13(12)9-16)17(23-21-11-20-22-23)15-2-1-7-19-10-15;1-2-13(9-16-6-1)15(20-18-10-17-19-20)12-3-4-14-11(8-12)5-7-21-14/h3-6,8-9,11,15,17,19H,1-2,7,10H2;3-5,7-8,10,13,15-16H,1-2,6,9H2/t15-,17+;13-,15-/m10/s1. The van der Waals surface area contributed by atoms with E-state index in [1.165, 1.54) is 58.5 Å². The Bertz CT molecular complexity index is 1780. The number of nitrogens with one attached hydrogen (secondary N) is 2. The van der Waals surface area contributed by atoms with E-state index in [9.17, 15) is 0 Å². The molecule has 0 spiro atoms. The summed E-state index contributed by atoms with van der Waals surface area (Å²) in [5.41, 5.74) is 2.49. The lowest BCUT2D eigenvalue weighted by atomic mass is 9.87. The Balaban J connectivity index is 0.000000143. The van der Waals surface area contributed by atoms with E-state index in [0.717, 1.165) is 43.0 Å². The molecule has 2 aliphatic heterocycles. The normalized spacial score (nSPS) is 20.2. The summed E-state index contributed by atoms with van der Waals surface area (Å²) < 4.78 is 1.32. The number of fused-ring (bicyclic) bond motifs is 2. The van der Waals surface area contributed by atoms with Crippen molar-refractivity contribution in [2.45, 2.75) is 37.8 Å². The number of hydrogen-bond acceptors (Lipinski definition) is 9. The molecule has 0 amide bonds. The highest BCUT2D eigenvalue weighted by molar-refractivity contribution is 7.17. The summed E-state index contributed by atoms with van der Waals surface area (Å²) in [5.74, 6) is 0.965. The van der Waals surface area contributed by atoms with Gasteiger partial charge in [-0.25, -0.2) is 0 Å². The Labute approximate surface area is 264 Å². The molecule has 12 heteroatoms. The van der Waals surface area contributed by atoms with Crippen molar-refractivity contribution < 1.29 is 0 Å². The summed E-state index contributed by atoms with van der Waals surface area (Å²) in [6.07, 6.45) is 7.77. The van der Waals surface area contributed by atoms with Crippen molar-refractivity contribution in [1.29, 1.82) is 0 Å². The first-order valence-electron chi connectivity index (χ1n) is 15.3. The van der Waals surface area contributed by atoms with Crippen molar-refractivity contribution in [2.24, 2.45) is 11.8 Å². The Kier molecular flexibility index (Phi) is 8.87. The number of rotatable bonds is 6. The van der Waals surface area contributed by atoms with Crippen LogP contribution in [0.25, 0.3) is 20.9 Å². The number of benzene rings is 3. The third kappa shape index (κ3) is 6.37. The molecule has 0 aliphatic carbocycles. The van der Waals surface area contributed by atoms with Crippen molar-refractivity contribution in [3.8, 4) is 0 Å². The maximum absolute atomic E-state index is 6.08. The summed E-state index contributed by atoms with van der Waals surface area (Å²) in [5, 5.41) is 38.2. The molecule has 4 atom stereocenters. The van der Waals surface area contributed by atoms with Crippen molar-refractivity contribution in [2.75, 3.05) is 26.2 Å². The number of hydrogen-bond donors (Lipinski definition) is 2. The topological polar surface area (TPSA) is 111 Å². The maximum Gasteiger partial charge on any atom is 0.162 e. The third-order valence-corrected chi connectivity index (χ3v) is 9.91. The number of halogens is 1. The summed E-state index contributed by atoms with van der Waals surface area (Å²) in [7, 11) is 0. The summed E-state index contributed by atoms with van der Waals surface area (Å²) in [6, 6.07) is 21.6. The van der Waals surface area contributed by atoms with Gasteiger partial charge in [0, 0.05) is 22.8 Å². The van der Waals surface area contributed by atoms with E-state index in [-0.39, 0.29) is 12.1 Å².